The summed E-state index contributed by atoms with van der Waals surface area (Å²) in [5.41, 5.74) is 5.29. The molecule has 2 amide bonds. The van der Waals surface area contributed by atoms with Gasteiger partial charge in [0.05, 0.1) is 10.6 Å². The summed E-state index contributed by atoms with van der Waals surface area (Å²) in [6, 6.07) is 6.76. The normalized spacial score (nSPS) is 26.6. The summed E-state index contributed by atoms with van der Waals surface area (Å²) in [7, 11) is 0. The van der Waals surface area contributed by atoms with Gasteiger partial charge in [-0.2, -0.15) is 0 Å². The van der Waals surface area contributed by atoms with Gasteiger partial charge in [-0.3, -0.25) is 20.4 Å². The number of carbonyl (C=O) groups is 2. The van der Waals surface area contributed by atoms with Crippen LogP contribution in [-0.2, 0) is 4.79 Å². The van der Waals surface area contributed by atoms with Crippen LogP contribution in [0.2, 0.25) is 5.02 Å². The lowest BCUT2D eigenvalue weighted by molar-refractivity contribution is -0.123. The average molecular weight is 307 g/mol. The van der Waals surface area contributed by atoms with Crippen molar-refractivity contribution in [2.75, 3.05) is 0 Å². The highest BCUT2D eigenvalue weighted by Crippen LogP contribution is 2.49. The molecule has 4 nitrogen and oxygen atoms in total. The van der Waals surface area contributed by atoms with Crippen LogP contribution < -0.4 is 10.9 Å². The molecular weight excluding hydrogens is 288 g/mol. The minimum absolute atomic E-state index is 0.118. The fourth-order valence-electron chi connectivity index (χ4n) is 3.75. The molecule has 2 aliphatic rings. The van der Waals surface area contributed by atoms with Gasteiger partial charge in [-0.1, -0.05) is 30.2 Å². The van der Waals surface area contributed by atoms with Crippen LogP contribution in [0.5, 0.6) is 0 Å². The first-order valence-corrected chi connectivity index (χ1v) is 7.85. The van der Waals surface area contributed by atoms with E-state index >= 15 is 0 Å². The monoisotopic (exact) mass is 306 g/mol. The summed E-state index contributed by atoms with van der Waals surface area (Å²) in [6.07, 6.45) is 5.53. The third-order valence-electron chi connectivity index (χ3n) is 4.77. The van der Waals surface area contributed by atoms with E-state index in [9.17, 15) is 9.59 Å². The number of hydrogen-bond donors (Lipinski definition) is 2. The topological polar surface area (TPSA) is 58.2 Å². The third-order valence-corrected chi connectivity index (χ3v) is 5.10. The van der Waals surface area contributed by atoms with Gasteiger partial charge in [-0.05, 0) is 49.1 Å². The van der Waals surface area contributed by atoms with Crippen molar-refractivity contribution in [3.63, 3.8) is 0 Å². The zero-order valence-corrected chi connectivity index (χ0v) is 12.5. The van der Waals surface area contributed by atoms with Crippen LogP contribution in [0, 0.1) is 17.8 Å². The maximum absolute atomic E-state index is 11.9. The SMILES string of the molecule is O=C(C[C@H]1C[C@H]2CC[C@@H]1C2)NNC(=O)c1ccccc1Cl. The zero-order chi connectivity index (χ0) is 14.8. The molecule has 0 saturated heterocycles. The van der Waals surface area contributed by atoms with E-state index in [1.807, 2.05) is 0 Å². The van der Waals surface area contributed by atoms with E-state index in [0.717, 1.165) is 12.3 Å². The minimum Gasteiger partial charge on any atom is -0.273 e. The Morgan fingerprint density at radius 3 is 2.62 bits per heavy atom. The quantitative estimate of drug-likeness (QED) is 0.844. The van der Waals surface area contributed by atoms with Gasteiger partial charge in [-0.15, -0.1) is 0 Å². The summed E-state index contributed by atoms with van der Waals surface area (Å²) in [6.45, 7) is 0. The van der Waals surface area contributed by atoms with Crippen molar-refractivity contribution in [3.05, 3.63) is 34.9 Å². The number of fused-ring (bicyclic) bond motifs is 2. The molecule has 2 bridgehead atoms. The Morgan fingerprint density at radius 1 is 1.14 bits per heavy atom. The largest absolute Gasteiger partial charge is 0.273 e. The molecule has 1 aromatic rings. The van der Waals surface area contributed by atoms with Crippen LogP contribution in [0.25, 0.3) is 0 Å². The average Bonchev–Trinajstić information content (AvgIpc) is 3.08. The third kappa shape index (κ3) is 3.21. The van der Waals surface area contributed by atoms with Crippen molar-refractivity contribution < 1.29 is 9.59 Å². The fourth-order valence-corrected chi connectivity index (χ4v) is 3.98. The molecule has 2 aliphatic carbocycles. The second-order valence-electron chi connectivity index (χ2n) is 6.12. The zero-order valence-electron chi connectivity index (χ0n) is 11.8. The van der Waals surface area contributed by atoms with Crippen molar-refractivity contribution in [3.8, 4) is 0 Å². The molecule has 112 valence electrons. The first kappa shape index (κ1) is 14.4. The van der Waals surface area contributed by atoms with Crippen LogP contribution >= 0.6 is 11.6 Å². The van der Waals surface area contributed by atoms with E-state index in [1.165, 1.54) is 19.3 Å². The van der Waals surface area contributed by atoms with Gasteiger partial charge in [-0.25, -0.2) is 0 Å². The van der Waals surface area contributed by atoms with E-state index in [1.54, 1.807) is 24.3 Å². The molecular formula is C16H19ClN2O2. The molecule has 21 heavy (non-hydrogen) atoms. The molecule has 1 aromatic carbocycles. The predicted octanol–water partition coefficient (Wildman–Crippen LogP) is 2.93. The fraction of sp³-hybridized carbons (Fsp3) is 0.500. The first-order valence-electron chi connectivity index (χ1n) is 7.47. The van der Waals surface area contributed by atoms with E-state index in [-0.39, 0.29) is 11.8 Å². The Morgan fingerprint density at radius 2 is 1.95 bits per heavy atom. The molecule has 0 heterocycles. The van der Waals surface area contributed by atoms with Crippen molar-refractivity contribution in [1.29, 1.82) is 0 Å². The number of carbonyl (C=O) groups excluding carboxylic acids is 2. The second kappa shape index (κ2) is 6.06. The summed E-state index contributed by atoms with van der Waals surface area (Å²) in [5.74, 6) is 1.52. The van der Waals surface area contributed by atoms with Crippen molar-refractivity contribution in [2.24, 2.45) is 17.8 Å². The minimum atomic E-state index is -0.387. The van der Waals surface area contributed by atoms with Crippen molar-refractivity contribution in [1.82, 2.24) is 10.9 Å². The number of hydrogen-bond acceptors (Lipinski definition) is 2. The number of hydrazine groups is 1. The number of halogens is 1. The molecule has 0 radical (unpaired) electrons. The van der Waals surface area contributed by atoms with Crippen LogP contribution in [0.3, 0.4) is 0 Å². The molecule has 5 heteroatoms. The Kier molecular flexibility index (Phi) is 4.15. The molecule has 3 rings (SSSR count). The standard InChI is InChI=1S/C16H19ClN2O2/c17-14-4-2-1-3-13(14)16(21)19-18-15(20)9-12-8-10-5-6-11(12)7-10/h1-4,10-12H,5-9H2,(H,18,20)(H,19,21)/t10-,11+,12+/m0/s1. The molecule has 3 atom stereocenters. The molecule has 0 aliphatic heterocycles. The molecule has 2 saturated carbocycles. The van der Waals surface area contributed by atoms with E-state index in [0.29, 0.717) is 28.8 Å². The molecule has 0 unspecified atom stereocenters. The van der Waals surface area contributed by atoms with Gasteiger partial charge >= 0.3 is 0 Å². The first-order chi connectivity index (χ1) is 10.1. The number of benzene rings is 1. The lowest BCUT2D eigenvalue weighted by atomic mass is 9.86. The van der Waals surface area contributed by atoms with E-state index in [4.69, 9.17) is 11.6 Å². The second-order valence-corrected chi connectivity index (χ2v) is 6.53. The van der Waals surface area contributed by atoms with Crippen molar-refractivity contribution >= 4 is 23.4 Å². The van der Waals surface area contributed by atoms with Gasteiger partial charge in [0.2, 0.25) is 5.91 Å². The molecule has 0 aromatic heterocycles. The van der Waals surface area contributed by atoms with Gasteiger partial charge in [0.1, 0.15) is 0 Å². The Bertz CT molecular complexity index is 561. The predicted molar refractivity (Wildman–Crippen MR) is 80.6 cm³/mol. The lowest BCUT2D eigenvalue weighted by Gasteiger charge is -2.20. The maximum atomic E-state index is 11.9. The highest BCUT2D eigenvalue weighted by molar-refractivity contribution is 6.33. The summed E-state index contributed by atoms with van der Waals surface area (Å²) >= 11 is 5.94. The van der Waals surface area contributed by atoms with E-state index < -0.39 is 0 Å². The molecule has 2 fully saturated rings. The number of nitrogens with one attached hydrogen (secondary N) is 2. The highest BCUT2D eigenvalue weighted by Gasteiger charge is 2.40. The van der Waals surface area contributed by atoms with Gasteiger partial charge in [0.15, 0.2) is 0 Å². The lowest BCUT2D eigenvalue weighted by Crippen LogP contribution is -2.42. The number of amides is 2. The smallest absolute Gasteiger partial charge is 0.271 e. The van der Waals surface area contributed by atoms with E-state index in [2.05, 4.69) is 10.9 Å². The van der Waals surface area contributed by atoms with Gasteiger partial charge in [0, 0.05) is 6.42 Å². The number of rotatable bonds is 3. The van der Waals surface area contributed by atoms with Crippen LogP contribution in [0.4, 0.5) is 0 Å². The van der Waals surface area contributed by atoms with Crippen LogP contribution in [0.15, 0.2) is 24.3 Å². The van der Waals surface area contributed by atoms with Crippen LogP contribution in [-0.4, -0.2) is 11.8 Å². The summed E-state index contributed by atoms with van der Waals surface area (Å²) in [5, 5.41) is 0.373. The Hall–Kier alpha value is -1.55. The molecule has 0 spiro atoms. The van der Waals surface area contributed by atoms with Gasteiger partial charge in [0.25, 0.3) is 5.91 Å². The highest BCUT2D eigenvalue weighted by atomic mass is 35.5. The van der Waals surface area contributed by atoms with Crippen molar-refractivity contribution in [2.45, 2.75) is 32.1 Å². The summed E-state index contributed by atoms with van der Waals surface area (Å²) < 4.78 is 0. The van der Waals surface area contributed by atoms with Gasteiger partial charge < -0.3 is 0 Å². The summed E-state index contributed by atoms with van der Waals surface area (Å²) in [4.78, 5) is 23.9. The Labute approximate surface area is 129 Å². The Balaban J connectivity index is 1.48. The van der Waals surface area contributed by atoms with Crippen LogP contribution in [0.1, 0.15) is 42.5 Å². The maximum Gasteiger partial charge on any atom is 0.271 e. The molecule has 2 N–H and O–H groups in total.